The summed E-state index contributed by atoms with van der Waals surface area (Å²) in [6, 6.07) is 90.5. The fraction of sp³-hybridized carbons (Fsp3) is 0. The maximum atomic E-state index is 2.52. The lowest BCUT2D eigenvalue weighted by Gasteiger charge is -2.34. The first-order chi connectivity index (χ1) is 31.8. The molecule has 0 atom stereocenters. The summed E-state index contributed by atoms with van der Waals surface area (Å²) in [4.78, 5) is 0. The van der Waals surface area contributed by atoms with E-state index >= 15 is 0 Å². The Bertz CT molecular complexity index is 3800. The van der Waals surface area contributed by atoms with E-state index in [0.29, 0.717) is 0 Å². The van der Waals surface area contributed by atoms with Gasteiger partial charge in [-0.15, -0.1) is 11.3 Å². The van der Waals surface area contributed by atoms with Crippen LogP contribution in [0.5, 0.6) is 0 Å². The van der Waals surface area contributed by atoms with Gasteiger partial charge in [-0.25, -0.2) is 0 Å². The van der Waals surface area contributed by atoms with Crippen LogP contribution in [0.4, 0.5) is 0 Å². The van der Waals surface area contributed by atoms with Crippen LogP contribution < -0.4 is 20.7 Å². The van der Waals surface area contributed by atoms with Crippen molar-refractivity contribution in [3.05, 3.63) is 243 Å². The Balaban J connectivity index is 1.07. The van der Waals surface area contributed by atoms with Gasteiger partial charge < -0.3 is 9.13 Å². The summed E-state index contributed by atoms with van der Waals surface area (Å²) < 4.78 is 7.66. The molecule has 0 bridgehead atoms. The normalized spacial score (nSPS) is 12.1. The van der Waals surface area contributed by atoms with Crippen molar-refractivity contribution in [2.45, 2.75) is 0 Å². The molecule has 0 saturated heterocycles. The predicted octanol–water partition coefficient (Wildman–Crippen LogP) is 13.3. The Hall–Kier alpha value is -7.76. The SMILES string of the molecule is c1ccc([Si](c2ccccc2)(c2ccccc2)c2cccc(-n3c4ccccc4c4c(-n5c6ccccc6c6ccc(-c7cccc8sc9ccccc9c78)cc65)cccc43)c2)cc1. The molecule has 13 aromatic rings. The molecule has 0 radical (unpaired) electrons. The lowest BCUT2D eigenvalue weighted by atomic mass is 9.98. The van der Waals surface area contributed by atoms with E-state index in [1.54, 1.807) is 0 Å². The van der Waals surface area contributed by atoms with Crippen molar-refractivity contribution in [1.29, 1.82) is 0 Å². The standard InChI is InChI=1S/C60H40N2SSi/c1-4-20-43(21-5-1)64(44-22-6-2-7-23-44,45-24-8-3-9-25-45)46-26-16-19-42(40-46)61-53-32-14-11-28-50(53)60-54(61)33-18-34-55(60)62-52-31-13-10-27-48(52)49-38-37-41(39-56(49)62)47-30-17-36-58-59(47)51-29-12-15-35-57(51)63-58/h1-40H. The molecule has 2 nitrogen and oxygen atoms in total. The maximum absolute atomic E-state index is 2.77. The van der Waals surface area contributed by atoms with Gasteiger partial charge in [0.2, 0.25) is 0 Å². The van der Waals surface area contributed by atoms with Crippen LogP contribution in [0, 0.1) is 0 Å². The number of nitrogens with zero attached hydrogens (tertiary/aromatic N) is 2. The molecule has 4 heteroatoms. The van der Waals surface area contributed by atoms with Gasteiger partial charge in [0.25, 0.3) is 0 Å². The Labute approximate surface area is 376 Å². The number of hydrogen-bond donors (Lipinski definition) is 0. The Morgan fingerprint density at radius 3 is 1.56 bits per heavy atom. The highest BCUT2D eigenvalue weighted by Gasteiger charge is 2.41. The van der Waals surface area contributed by atoms with Gasteiger partial charge in [0.05, 0.1) is 27.8 Å². The second kappa shape index (κ2) is 14.7. The third-order valence-corrected chi connectivity index (χ3v) is 19.4. The van der Waals surface area contributed by atoms with E-state index in [2.05, 4.69) is 252 Å². The average molecular weight is 849 g/mol. The lowest BCUT2D eigenvalue weighted by Crippen LogP contribution is -2.74. The quantitative estimate of drug-likeness (QED) is 0.112. The summed E-state index contributed by atoms with van der Waals surface area (Å²) in [7, 11) is -2.77. The van der Waals surface area contributed by atoms with Crippen LogP contribution in [-0.2, 0) is 0 Å². The van der Waals surface area contributed by atoms with Crippen LogP contribution in [0.1, 0.15) is 0 Å². The number of benzene rings is 10. The molecule has 0 fully saturated rings. The molecular formula is C60H40N2SSi. The highest BCUT2D eigenvalue weighted by atomic mass is 32.1. The summed E-state index contributed by atoms with van der Waals surface area (Å²) >= 11 is 1.87. The fourth-order valence-corrected chi connectivity index (χ4v) is 16.7. The van der Waals surface area contributed by atoms with Crippen molar-refractivity contribution >= 4 is 104 Å². The minimum Gasteiger partial charge on any atom is -0.309 e. The molecular weight excluding hydrogens is 809 g/mol. The number of rotatable bonds is 7. The molecule has 13 rings (SSSR count). The third-order valence-electron chi connectivity index (χ3n) is 13.5. The van der Waals surface area contributed by atoms with E-state index in [1.807, 2.05) is 11.3 Å². The fourth-order valence-electron chi connectivity index (χ4n) is 10.8. The molecule has 0 unspecified atom stereocenters. The third kappa shape index (κ3) is 5.43. The minimum atomic E-state index is -2.77. The predicted molar refractivity (Wildman–Crippen MR) is 277 cm³/mol. The van der Waals surface area contributed by atoms with Crippen molar-refractivity contribution in [2.75, 3.05) is 0 Å². The smallest absolute Gasteiger partial charge is 0.179 e. The van der Waals surface area contributed by atoms with Gasteiger partial charge in [0.15, 0.2) is 8.07 Å². The van der Waals surface area contributed by atoms with Crippen LogP contribution in [0.2, 0.25) is 0 Å². The number of aromatic nitrogens is 2. The molecule has 64 heavy (non-hydrogen) atoms. The van der Waals surface area contributed by atoms with E-state index in [1.165, 1.54) is 101 Å². The van der Waals surface area contributed by atoms with Gasteiger partial charge in [-0.3, -0.25) is 0 Å². The van der Waals surface area contributed by atoms with Crippen molar-refractivity contribution in [2.24, 2.45) is 0 Å². The summed E-state index contributed by atoms with van der Waals surface area (Å²) in [6.45, 7) is 0. The second-order valence-electron chi connectivity index (χ2n) is 16.8. The molecule has 0 N–H and O–H groups in total. The first-order valence-electron chi connectivity index (χ1n) is 22.0. The van der Waals surface area contributed by atoms with Crippen LogP contribution in [0.15, 0.2) is 243 Å². The van der Waals surface area contributed by atoms with Gasteiger partial charge in [-0.2, -0.15) is 0 Å². The lowest BCUT2D eigenvalue weighted by molar-refractivity contribution is 1.17. The van der Waals surface area contributed by atoms with Crippen LogP contribution >= 0.6 is 11.3 Å². The Morgan fingerprint density at radius 2 is 0.844 bits per heavy atom. The van der Waals surface area contributed by atoms with Crippen LogP contribution in [0.3, 0.4) is 0 Å². The first kappa shape index (κ1) is 36.9. The molecule has 0 aliphatic carbocycles. The molecule has 0 aliphatic rings. The highest BCUT2D eigenvalue weighted by Crippen LogP contribution is 2.43. The second-order valence-corrected chi connectivity index (χ2v) is 21.7. The van der Waals surface area contributed by atoms with Crippen molar-refractivity contribution in [3.8, 4) is 22.5 Å². The van der Waals surface area contributed by atoms with Gasteiger partial charge in [0.1, 0.15) is 0 Å². The molecule has 300 valence electrons. The topological polar surface area (TPSA) is 9.86 Å². The first-order valence-corrected chi connectivity index (χ1v) is 24.8. The van der Waals surface area contributed by atoms with E-state index in [9.17, 15) is 0 Å². The number of fused-ring (bicyclic) bond motifs is 9. The summed E-state index contributed by atoms with van der Waals surface area (Å²) in [5.74, 6) is 0. The Kier molecular flexibility index (Phi) is 8.45. The van der Waals surface area contributed by atoms with Crippen molar-refractivity contribution in [1.82, 2.24) is 9.13 Å². The Morgan fingerprint density at radius 1 is 0.312 bits per heavy atom. The zero-order valence-corrected chi connectivity index (χ0v) is 36.7. The summed E-state index contributed by atoms with van der Waals surface area (Å²) in [6.07, 6.45) is 0. The average Bonchev–Trinajstić information content (AvgIpc) is 4.03. The van der Waals surface area contributed by atoms with Gasteiger partial charge in [-0.1, -0.05) is 188 Å². The molecule has 0 spiro atoms. The van der Waals surface area contributed by atoms with Crippen LogP contribution in [0.25, 0.3) is 86.3 Å². The molecule has 10 aromatic carbocycles. The number of hydrogen-bond acceptors (Lipinski definition) is 1. The van der Waals surface area contributed by atoms with E-state index in [-0.39, 0.29) is 0 Å². The maximum Gasteiger partial charge on any atom is 0.179 e. The van der Waals surface area contributed by atoms with Crippen molar-refractivity contribution in [3.63, 3.8) is 0 Å². The number of para-hydroxylation sites is 2. The van der Waals surface area contributed by atoms with Gasteiger partial charge in [0, 0.05) is 47.4 Å². The largest absolute Gasteiger partial charge is 0.309 e. The minimum absolute atomic E-state index is 1.15. The van der Waals surface area contributed by atoms with E-state index in [0.717, 1.165) is 5.69 Å². The molecule has 3 aromatic heterocycles. The van der Waals surface area contributed by atoms with E-state index < -0.39 is 8.07 Å². The monoisotopic (exact) mass is 848 g/mol. The van der Waals surface area contributed by atoms with Gasteiger partial charge >= 0.3 is 0 Å². The number of thiophene rings is 1. The highest BCUT2D eigenvalue weighted by molar-refractivity contribution is 7.26. The van der Waals surface area contributed by atoms with Crippen molar-refractivity contribution < 1.29 is 0 Å². The van der Waals surface area contributed by atoms with E-state index in [4.69, 9.17) is 0 Å². The zero-order chi connectivity index (χ0) is 42.2. The summed E-state index contributed by atoms with van der Waals surface area (Å²) in [5.41, 5.74) is 9.58. The molecule has 3 heterocycles. The molecule has 0 aliphatic heterocycles. The molecule has 0 amide bonds. The van der Waals surface area contributed by atoms with Crippen LogP contribution in [-0.4, -0.2) is 17.2 Å². The molecule has 0 saturated carbocycles. The van der Waals surface area contributed by atoms with Gasteiger partial charge in [-0.05, 0) is 86.5 Å². The summed E-state index contributed by atoms with van der Waals surface area (Å²) in [5, 5.41) is 13.1. The zero-order valence-electron chi connectivity index (χ0n) is 34.9.